The van der Waals surface area contributed by atoms with E-state index in [1.807, 2.05) is 0 Å². The smallest absolute Gasteiger partial charge is 0.0857 e. The Morgan fingerprint density at radius 2 is 1.88 bits per heavy atom. The van der Waals surface area contributed by atoms with E-state index in [1.54, 1.807) is 0 Å². The van der Waals surface area contributed by atoms with Gasteiger partial charge in [0.1, 0.15) is 0 Å². The van der Waals surface area contributed by atoms with Gasteiger partial charge >= 0.3 is 0 Å². The fourth-order valence-electron chi connectivity index (χ4n) is 3.42. The third-order valence-electron chi connectivity index (χ3n) is 4.44. The summed E-state index contributed by atoms with van der Waals surface area (Å²) in [6.07, 6.45) is 8.83. The molecule has 1 N–H and O–H groups in total. The van der Waals surface area contributed by atoms with Gasteiger partial charge in [-0.3, -0.25) is 0 Å². The van der Waals surface area contributed by atoms with Crippen molar-refractivity contribution in [1.29, 1.82) is 0 Å². The minimum Gasteiger partial charge on any atom is -0.374 e. The van der Waals surface area contributed by atoms with Crippen LogP contribution in [-0.4, -0.2) is 50.8 Å². The van der Waals surface area contributed by atoms with Gasteiger partial charge in [-0.15, -0.1) is 0 Å². The van der Waals surface area contributed by atoms with Crippen molar-refractivity contribution in [3.63, 3.8) is 0 Å². The molecule has 2 rings (SSSR count). The molecular weight excluding hydrogens is 212 g/mol. The molecule has 0 amide bonds. The topological polar surface area (TPSA) is 24.5 Å². The van der Waals surface area contributed by atoms with Gasteiger partial charge in [0.15, 0.2) is 0 Å². The Labute approximate surface area is 106 Å². The quantitative estimate of drug-likeness (QED) is 0.762. The molecule has 17 heavy (non-hydrogen) atoms. The summed E-state index contributed by atoms with van der Waals surface area (Å²) in [5.41, 5.74) is 0. The minimum atomic E-state index is 0.391. The number of ether oxygens (including phenoxy) is 1. The number of hydrogen-bond acceptors (Lipinski definition) is 3. The molecular formula is C14H28N2O. The van der Waals surface area contributed by atoms with E-state index in [1.165, 1.54) is 38.5 Å². The van der Waals surface area contributed by atoms with Gasteiger partial charge in [0.2, 0.25) is 0 Å². The maximum Gasteiger partial charge on any atom is 0.0857 e. The van der Waals surface area contributed by atoms with E-state index in [0.29, 0.717) is 12.1 Å². The van der Waals surface area contributed by atoms with E-state index in [-0.39, 0.29) is 0 Å². The third-order valence-corrected chi connectivity index (χ3v) is 4.44. The molecule has 2 aliphatic rings. The molecule has 100 valence electrons. The molecule has 0 spiro atoms. The van der Waals surface area contributed by atoms with Crippen LogP contribution in [0, 0.1) is 5.92 Å². The maximum atomic E-state index is 5.99. The van der Waals surface area contributed by atoms with E-state index in [2.05, 4.69) is 24.3 Å². The van der Waals surface area contributed by atoms with Gasteiger partial charge in [-0.25, -0.2) is 0 Å². The van der Waals surface area contributed by atoms with Crippen LogP contribution in [-0.2, 0) is 4.74 Å². The summed E-state index contributed by atoms with van der Waals surface area (Å²) in [5, 5.41) is 3.54. The lowest BCUT2D eigenvalue weighted by molar-refractivity contribution is -0.0491. The Hall–Kier alpha value is -0.120. The average Bonchev–Trinajstić information content (AvgIpc) is 2.59. The number of morpholine rings is 1. The third kappa shape index (κ3) is 3.67. The average molecular weight is 240 g/mol. The van der Waals surface area contributed by atoms with Crippen molar-refractivity contribution in [3.05, 3.63) is 0 Å². The van der Waals surface area contributed by atoms with Crippen molar-refractivity contribution < 1.29 is 4.74 Å². The molecule has 0 bridgehead atoms. The van der Waals surface area contributed by atoms with Crippen molar-refractivity contribution in [2.45, 2.75) is 50.7 Å². The summed E-state index contributed by atoms with van der Waals surface area (Å²) in [5.74, 6) is 0.819. The molecule has 0 radical (unpaired) electrons. The van der Waals surface area contributed by atoms with E-state index in [0.717, 1.165) is 25.6 Å². The second-order valence-electron chi connectivity index (χ2n) is 5.74. The number of rotatable bonds is 3. The van der Waals surface area contributed by atoms with Crippen LogP contribution in [0.5, 0.6) is 0 Å². The lowest BCUT2D eigenvalue weighted by atomic mass is 9.88. The van der Waals surface area contributed by atoms with Crippen molar-refractivity contribution in [2.24, 2.45) is 5.92 Å². The van der Waals surface area contributed by atoms with Crippen LogP contribution >= 0.6 is 0 Å². The summed E-state index contributed by atoms with van der Waals surface area (Å²) in [6, 6.07) is 0.552. The van der Waals surface area contributed by atoms with Crippen LogP contribution < -0.4 is 5.32 Å². The molecule has 0 aromatic rings. The van der Waals surface area contributed by atoms with E-state index in [9.17, 15) is 0 Å². The molecule has 2 atom stereocenters. The first-order valence-electron chi connectivity index (χ1n) is 7.28. The van der Waals surface area contributed by atoms with Gasteiger partial charge in [-0.1, -0.05) is 25.7 Å². The number of hydrogen-bond donors (Lipinski definition) is 1. The second kappa shape index (κ2) is 6.72. The van der Waals surface area contributed by atoms with Crippen LogP contribution in [0.15, 0.2) is 0 Å². The molecule has 1 saturated heterocycles. The molecule has 0 aromatic carbocycles. The van der Waals surface area contributed by atoms with Crippen LogP contribution in [0.25, 0.3) is 0 Å². The maximum absolute atomic E-state index is 5.99. The molecule has 1 aliphatic carbocycles. The fourth-order valence-corrected chi connectivity index (χ4v) is 3.42. The van der Waals surface area contributed by atoms with E-state index < -0.39 is 0 Å². The van der Waals surface area contributed by atoms with Gasteiger partial charge < -0.3 is 15.0 Å². The summed E-state index contributed by atoms with van der Waals surface area (Å²) in [4.78, 5) is 2.40. The first kappa shape index (κ1) is 13.3. The van der Waals surface area contributed by atoms with Gasteiger partial charge in [-0.05, 0) is 32.9 Å². The predicted molar refractivity (Wildman–Crippen MR) is 71.3 cm³/mol. The Bertz CT molecular complexity index is 212. The zero-order chi connectivity index (χ0) is 12.1. The van der Waals surface area contributed by atoms with Gasteiger partial charge in [-0.2, -0.15) is 0 Å². The Morgan fingerprint density at radius 1 is 1.18 bits per heavy atom. The summed E-state index contributed by atoms with van der Waals surface area (Å²) in [7, 11) is 4.31. The summed E-state index contributed by atoms with van der Waals surface area (Å²) >= 11 is 0. The number of nitrogens with zero attached hydrogens (tertiary/aromatic N) is 1. The van der Waals surface area contributed by atoms with Gasteiger partial charge in [0.25, 0.3) is 0 Å². The van der Waals surface area contributed by atoms with Crippen LogP contribution in [0.2, 0.25) is 0 Å². The minimum absolute atomic E-state index is 0.391. The first-order valence-corrected chi connectivity index (χ1v) is 7.28. The predicted octanol–water partition coefficient (Wildman–Crippen LogP) is 1.88. The first-order chi connectivity index (χ1) is 8.31. The Morgan fingerprint density at radius 3 is 2.47 bits per heavy atom. The highest BCUT2D eigenvalue weighted by Gasteiger charge is 2.31. The molecule has 2 unspecified atom stereocenters. The van der Waals surface area contributed by atoms with Crippen LogP contribution in [0.4, 0.5) is 0 Å². The molecule has 0 aromatic heterocycles. The monoisotopic (exact) mass is 240 g/mol. The Kier molecular flexibility index (Phi) is 5.26. The van der Waals surface area contributed by atoms with Gasteiger partial charge in [0, 0.05) is 19.1 Å². The molecule has 1 saturated carbocycles. The largest absolute Gasteiger partial charge is 0.374 e. The second-order valence-corrected chi connectivity index (χ2v) is 5.74. The number of likely N-dealkylation sites (N-methyl/N-ethyl adjacent to an activating group) is 2. The summed E-state index contributed by atoms with van der Waals surface area (Å²) in [6.45, 7) is 3.06. The zero-order valence-corrected chi connectivity index (χ0v) is 11.5. The van der Waals surface area contributed by atoms with Crippen molar-refractivity contribution in [1.82, 2.24) is 10.2 Å². The molecule has 3 heteroatoms. The van der Waals surface area contributed by atoms with Crippen LogP contribution in [0.3, 0.4) is 0 Å². The van der Waals surface area contributed by atoms with Crippen LogP contribution in [0.1, 0.15) is 38.5 Å². The van der Waals surface area contributed by atoms with Crippen molar-refractivity contribution >= 4 is 0 Å². The SMILES string of the molecule is CNC(C1CCCCCC1)C1CN(C)CCO1. The standard InChI is InChI=1S/C14H28N2O/c1-15-14(12-7-5-3-4-6-8-12)13-11-16(2)9-10-17-13/h12-15H,3-11H2,1-2H3. The highest BCUT2D eigenvalue weighted by atomic mass is 16.5. The highest BCUT2D eigenvalue weighted by molar-refractivity contribution is 4.87. The lowest BCUT2D eigenvalue weighted by Crippen LogP contribution is -2.53. The van der Waals surface area contributed by atoms with E-state index in [4.69, 9.17) is 4.74 Å². The molecule has 2 fully saturated rings. The molecule has 1 aliphatic heterocycles. The van der Waals surface area contributed by atoms with Crippen molar-refractivity contribution in [2.75, 3.05) is 33.8 Å². The van der Waals surface area contributed by atoms with Crippen molar-refractivity contribution in [3.8, 4) is 0 Å². The fraction of sp³-hybridized carbons (Fsp3) is 1.00. The molecule has 3 nitrogen and oxygen atoms in total. The highest BCUT2D eigenvalue weighted by Crippen LogP contribution is 2.28. The molecule has 1 heterocycles. The van der Waals surface area contributed by atoms with Gasteiger partial charge in [0.05, 0.1) is 12.7 Å². The Balaban J connectivity index is 1.93. The lowest BCUT2D eigenvalue weighted by Gasteiger charge is -2.38. The normalized spacial score (nSPS) is 31.1. The summed E-state index contributed by atoms with van der Waals surface area (Å²) < 4.78 is 5.99. The zero-order valence-electron chi connectivity index (χ0n) is 11.5. The number of nitrogens with one attached hydrogen (secondary N) is 1. The van der Waals surface area contributed by atoms with E-state index >= 15 is 0 Å².